The fraction of sp³-hybridized carbons (Fsp3) is 0.308. The summed E-state index contributed by atoms with van der Waals surface area (Å²) in [6.45, 7) is 4.50. The van der Waals surface area contributed by atoms with Crippen molar-refractivity contribution < 1.29 is 18.9 Å². The lowest BCUT2D eigenvalue weighted by molar-refractivity contribution is 0.269. The summed E-state index contributed by atoms with van der Waals surface area (Å²) in [4.78, 5) is 0. The number of rotatable bonds is 12. The maximum atomic E-state index is 6.23. The highest BCUT2D eigenvalue weighted by molar-refractivity contribution is 6.31. The molecule has 5 nitrogen and oxygen atoms in total. The van der Waals surface area contributed by atoms with E-state index < -0.39 is 0 Å². The second kappa shape index (κ2) is 12.2. The maximum Gasteiger partial charge on any atom is 0.161 e. The summed E-state index contributed by atoms with van der Waals surface area (Å²) in [5.41, 5.74) is 3.26. The normalized spacial score (nSPS) is 10.6. The van der Waals surface area contributed by atoms with Crippen molar-refractivity contribution in [3.63, 3.8) is 0 Å². The van der Waals surface area contributed by atoms with Crippen LogP contribution in [-0.2, 0) is 19.6 Å². The zero-order valence-corrected chi connectivity index (χ0v) is 19.6. The molecule has 170 valence electrons. The Kier molecular flexibility index (Phi) is 9.08. The largest absolute Gasteiger partial charge is 0.493 e. The summed E-state index contributed by atoms with van der Waals surface area (Å²) in [7, 11) is 3.29. The van der Waals surface area contributed by atoms with Crippen LogP contribution in [0.3, 0.4) is 0 Å². The van der Waals surface area contributed by atoms with Gasteiger partial charge in [-0.15, -0.1) is 0 Å². The number of halogens is 1. The van der Waals surface area contributed by atoms with Crippen molar-refractivity contribution in [3.05, 3.63) is 82.4 Å². The van der Waals surface area contributed by atoms with Gasteiger partial charge in [-0.05, 0) is 61.3 Å². The van der Waals surface area contributed by atoms with E-state index in [0.29, 0.717) is 24.0 Å². The molecule has 3 rings (SSSR count). The topological polar surface area (TPSA) is 49.0 Å². The minimum absolute atomic E-state index is 0.392. The molecule has 0 radical (unpaired) electrons. The van der Waals surface area contributed by atoms with Crippen molar-refractivity contribution in [2.75, 3.05) is 27.4 Å². The van der Waals surface area contributed by atoms with Gasteiger partial charge >= 0.3 is 0 Å². The summed E-state index contributed by atoms with van der Waals surface area (Å²) >= 11 is 6.23. The van der Waals surface area contributed by atoms with Crippen LogP contribution in [0.4, 0.5) is 0 Å². The molecule has 1 N–H and O–H groups in total. The second-order valence-corrected chi connectivity index (χ2v) is 7.62. The van der Waals surface area contributed by atoms with E-state index in [0.717, 1.165) is 47.9 Å². The van der Waals surface area contributed by atoms with Gasteiger partial charge in [-0.3, -0.25) is 0 Å². The van der Waals surface area contributed by atoms with Crippen LogP contribution in [0, 0.1) is 0 Å². The van der Waals surface area contributed by atoms with Gasteiger partial charge in [0.1, 0.15) is 6.61 Å². The molecule has 0 aromatic heterocycles. The van der Waals surface area contributed by atoms with Crippen LogP contribution < -0.4 is 24.3 Å². The summed E-state index contributed by atoms with van der Waals surface area (Å²) in [6.07, 6.45) is 0.887. The first kappa shape index (κ1) is 23.8. The van der Waals surface area contributed by atoms with Crippen molar-refractivity contribution in [2.45, 2.75) is 26.5 Å². The third-order valence-electron chi connectivity index (χ3n) is 5.02. The molecule has 0 atom stereocenters. The molecule has 0 unspecified atom stereocenters. The Bertz CT molecular complexity index is 1010. The third-order valence-corrected chi connectivity index (χ3v) is 5.39. The molecule has 32 heavy (non-hydrogen) atoms. The van der Waals surface area contributed by atoms with Crippen LogP contribution in [0.2, 0.25) is 5.02 Å². The quantitative estimate of drug-likeness (QED) is 0.357. The smallest absolute Gasteiger partial charge is 0.161 e. The van der Waals surface area contributed by atoms with Crippen LogP contribution in [0.5, 0.6) is 23.0 Å². The molecule has 3 aromatic rings. The average Bonchev–Trinajstić information content (AvgIpc) is 2.82. The predicted molar refractivity (Wildman–Crippen MR) is 128 cm³/mol. The highest BCUT2D eigenvalue weighted by Gasteiger charge is 2.09. The highest BCUT2D eigenvalue weighted by atomic mass is 35.5. The molecule has 0 saturated carbocycles. The molecule has 0 bridgehead atoms. The number of nitrogens with one attached hydrogen (secondary N) is 1. The first-order valence-electron chi connectivity index (χ1n) is 10.7. The molecule has 3 aromatic carbocycles. The average molecular weight is 456 g/mol. The van der Waals surface area contributed by atoms with Gasteiger partial charge in [-0.25, -0.2) is 0 Å². The van der Waals surface area contributed by atoms with Crippen molar-refractivity contribution in [1.82, 2.24) is 5.32 Å². The van der Waals surface area contributed by atoms with E-state index in [9.17, 15) is 0 Å². The van der Waals surface area contributed by atoms with Crippen molar-refractivity contribution in [2.24, 2.45) is 0 Å². The molecular formula is C26H30ClNO4. The summed E-state index contributed by atoms with van der Waals surface area (Å²) in [6, 6.07) is 19.7. The summed E-state index contributed by atoms with van der Waals surface area (Å²) < 4.78 is 22.5. The molecule has 0 spiro atoms. The molecule has 0 saturated heterocycles. The van der Waals surface area contributed by atoms with E-state index in [-0.39, 0.29) is 0 Å². The minimum atomic E-state index is 0.392. The van der Waals surface area contributed by atoms with E-state index in [2.05, 4.69) is 11.4 Å². The van der Waals surface area contributed by atoms with E-state index >= 15 is 0 Å². The van der Waals surface area contributed by atoms with Crippen LogP contribution in [0.1, 0.15) is 23.6 Å². The predicted octanol–water partition coefficient (Wildman–Crippen LogP) is 5.67. The van der Waals surface area contributed by atoms with Crippen LogP contribution in [0.25, 0.3) is 0 Å². The number of benzene rings is 3. The highest BCUT2D eigenvalue weighted by Crippen LogP contribution is 2.30. The zero-order valence-electron chi connectivity index (χ0n) is 18.8. The van der Waals surface area contributed by atoms with Gasteiger partial charge in [0, 0.05) is 17.1 Å². The first-order valence-corrected chi connectivity index (χ1v) is 11.1. The maximum absolute atomic E-state index is 6.23. The van der Waals surface area contributed by atoms with Crippen LogP contribution in [-0.4, -0.2) is 27.4 Å². The SMILES string of the molecule is CCOc1cc(CNCCc2ccc(OC)c(OC)c2)ccc1OCc1ccccc1Cl. The Labute approximate surface area is 195 Å². The van der Waals surface area contributed by atoms with Crippen LogP contribution >= 0.6 is 11.6 Å². The number of ether oxygens (including phenoxy) is 4. The summed E-state index contributed by atoms with van der Waals surface area (Å²) in [5.74, 6) is 2.93. The zero-order chi connectivity index (χ0) is 22.8. The summed E-state index contributed by atoms with van der Waals surface area (Å²) in [5, 5.41) is 4.18. The number of methoxy groups -OCH3 is 2. The molecule has 6 heteroatoms. The monoisotopic (exact) mass is 455 g/mol. The molecular weight excluding hydrogens is 426 g/mol. The van der Waals surface area contributed by atoms with Gasteiger partial charge in [-0.1, -0.05) is 41.9 Å². The third kappa shape index (κ3) is 6.55. The second-order valence-electron chi connectivity index (χ2n) is 7.21. The van der Waals surface area contributed by atoms with Gasteiger partial charge in [0.05, 0.1) is 20.8 Å². The van der Waals surface area contributed by atoms with E-state index in [1.165, 1.54) is 5.56 Å². The minimum Gasteiger partial charge on any atom is -0.493 e. The first-order chi connectivity index (χ1) is 15.6. The Hall–Kier alpha value is -2.89. The van der Waals surface area contributed by atoms with Gasteiger partial charge in [0.15, 0.2) is 23.0 Å². The lowest BCUT2D eigenvalue weighted by Crippen LogP contribution is -2.16. The fourth-order valence-corrected chi connectivity index (χ4v) is 3.51. The molecule has 0 aliphatic heterocycles. The van der Waals surface area contributed by atoms with Crippen molar-refractivity contribution in [1.29, 1.82) is 0 Å². The van der Waals surface area contributed by atoms with Crippen LogP contribution in [0.15, 0.2) is 60.7 Å². The van der Waals surface area contributed by atoms with E-state index in [1.54, 1.807) is 14.2 Å². The molecule has 0 aliphatic carbocycles. The Morgan fingerprint density at radius 1 is 0.781 bits per heavy atom. The van der Waals surface area contributed by atoms with Gasteiger partial charge < -0.3 is 24.3 Å². The standard InChI is InChI=1S/C26H30ClNO4/c1-4-31-26-16-20(10-12-24(26)32-18-21-7-5-6-8-22(21)27)17-28-14-13-19-9-11-23(29-2)25(15-19)30-3/h5-12,15-16,28H,4,13-14,17-18H2,1-3H3. The lowest BCUT2D eigenvalue weighted by atomic mass is 10.1. The molecule has 0 heterocycles. The van der Waals surface area contributed by atoms with Gasteiger partial charge in [-0.2, -0.15) is 0 Å². The molecule has 0 amide bonds. The Balaban J connectivity index is 1.55. The van der Waals surface area contributed by atoms with E-state index in [1.807, 2.05) is 61.5 Å². The van der Waals surface area contributed by atoms with Gasteiger partial charge in [0.25, 0.3) is 0 Å². The Morgan fingerprint density at radius 3 is 2.25 bits per heavy atom. The lowest BCUT2D eigenvalue weighted by Gasteiger charge is -2.14. The molecule has 0 fully saturated rings. The number of hydrogen-bond donors (Lipinski definition) is 1. The van der Waals surface area contributed by atoms with E-state index in [4.69, 9.17) is 30.5 Å². The molecule has 0 aliphatic rings. The van der Waals surface area contributed by atoms with Crippen molar-refractivity contribution >= 4 is 11.6 Å². The number of hydrogen-bond acceptors (Lipinski definition) is 5. The van der Waals surface area contributed by atoms with Gasteiger partial charge in [0.2, 0.25) is 0 Å². The van der Waals surface area contributed by atoms with Crippen molar-refractivity contribution in [3.8, 4) is 23.0 Å². The Morgan fingerprint density at radius 2 is 1.50 bits per heavy atom. The fourth-order valence-electron chi connectivity index (χ4n) is 3.32.